The molecule has 2 aromatic rings. The number of hydrogen-bond donors (Lipinski definition) is 1. The molecule has 0 saturated carbocycles. The normalized spacial score (nSPS) is 17.9. The molecule has 2 aliphatic rings. The third-order valence-electron chi connectivity index (χ3n) is 5.79. The fourth-order valence-corrected chi connectivity index (χ4v) is 4.23. The lowest BCUT2D eigenvalue weighted by Crippen LogP contribution is -2.38. The smallest absolute Gasteiger partial charge is 0.263 e. The van der Waals surface area contributed by atoms with E-state index in [1.807, 2.05) is 18.2 Å². The van der Waals surface area contributed by atoms with Gasteiger partial charge in [-0.25, -0.2) is 0 Å². The number of nitrogens with zero attached hydrogens (tertiary/aromatic N) is 1. The fraction of sp³-hybridized carbons (Fsp3) is 0.455. The molecule has 1 unspecified atom stereocenters. The third-order valence-corrected chi connectivity index (χ3v) is 5.79. The summed E-state index contributed by atoms with van der Waals surface area (Å²) in [5, 5.41) is 2.94. The number of aryl methyl sites for hydroxylation is 1. The number of carbonyl (C=O) groups is 1. The number of para-hydroxylation sites is 1. The van der Waals surface area contributed by atoms with E-state index in [9.17, 15) is 9.59 Å². The Morgan fingerprint density at radius 1 is 1.29 bits per heavy atom. The molecule has 4 rings (SSSR count). The van der Waals surface area contributed by atoms with Crippen LogP contribution in [0.1, 0.15) is 40.0 Å². The molecule has 1 aliphatic carbocycles. The van der Waals surface area contributed by atoms with Crippen LogP contribution in [0.3, 0.4) is 0 Å². The number of ether oxygens (including phenoxy) is 2. The predicted molar refractivity (Wildman–Crippen MR) is 106 cm³/mol. The summed E-state index contributed by atoms with van der Waals surface area (Å²) in [5.74, 6) is 1.38. The van der Waals surface area contributed by atoms with Crippen molar-refractivity contribution in [2.45, 2.75) is 32.1 Å². The molecule has 148 valence electrons. The highest BCUT2D eigenvalue weighted by Gasteiger charge is 2.24. The maximum Gasteiger partial charge on any atom is 0.263 e. The average Bonchev–Trinajstić information content (AvgIpc) is 2.73. The van der Waals surface area contributed by atoms with Gasteiger partial charge in [-0.05, 0) is 55.4 Å². The first-order valence-electron chi connectivity index (χ1n) is 9.87. The Balaban J connectivity index is 1.45. The summed E-state index contributed by atoms with van der Waals surface area (Å²) in [6, 6.07) is 7.64. The fourth-order valence-electron chi connectivity index (χ4n) is 4.23. The van der Waals surface area contributed by atoms with E-state index in [4.69, 9.17) is 9.47 Å². The summed E-state index contributed by atoms with van der Waals surface area (Å²) in [6.07, 6.45) is 4.84. The second-order valence-electron chi connectivity index (χ2n) is 7.64. The molecular weight excluding hydrogens is 356 g/mol. The van der Waals surface area contributed by atoms with Crippen LogP contribution in [0.25, 0.3) is 0 Å². The van der Waals surface area contributed by atoms with Crippen LogP contribution >= 0.6 is 0 Å². The third kappa shape index (κ3) is 3.39. The number of rotatable bonds is 4. The van der Waals surface area contributed by atoms with Crippen molar-refractivity contribution in [1.82, 2.24) is 9.88 Å². The van der Waals surface area contributed by atoms with E-state index in [-0.39, 0.29) is 22.9 Å². The van der Waals surface area contributed by atoms with Crippen molar-refractivity contribution in [3.05, 3.63) is 57.0 Å². The van der Waals surface area contributed by atoms with E-state index >= 15 is 0 Å². The number of carbonyl (C=O) groups excluding carboxylic acids is 1. The monoisotopic (exact) mass is 382 g/mol. The van der Waals surface area contributed by atoms with E-state index in [1.165, 1.54) is 0 Å². The first kappa shape index (κ1) is 18.6. The molecule has 28 heavy (non-hydrogen) atoms. The molecule has 0 bridgehead atoms. The van der Waals surface area contributed by atoms with Crippen LogP contribution < -0.4 is 20.3 Å². The van der Waals surface area contributed by atoms with Crippen LogP contribution in [-0.4, -0.2) is 30.7 Å². The van der Waals surface area contributed by atoms with Crippen molar-refractivity contribution in [3.8, 4) is 11.5 Å². The van der Waals surface area contributed by atoms with Crippen molar-refractivity contribution in [2.24, 2.45) is 13.0 Å². The van der Waals surface area contributed by atoms with Gasteiger partial charge in [-0.2, -0.15) is 0 Å². The Kier molecular flexibility index (Phi) is 5.11. The topological polar surface area (TPSA) is 69.6 Å². The minimum Gasteiger partial charge on any atom is -0.493 e. The first-order chi connectivity index (χ1) is 13.6. The second-order valence-corrected chi connectivity index (χ2v) is 7.64. The van der Waals surface area contributed by atoms with Gasteiger partial charge in [0.1, 0.15) is 5.56 Å². The number of benzene rings is 1. The molecule has 0 saturated heterocycles. The molecule has 0 radical (unpaired) electrons. The predicted octanol–water partition coefficient (Wildman–Crippen LogP) is 2.25. The zero-order valence-electron chi connectivity index (χ0n) is 16.4. The molecule has 1 aromatic heterocycles. The lowest BCUT2D eigenvalue weighted by Gasteiger charge is -2.26. The Morgan fingerprint density at radius 3 is 2.93 bits per heavy atom. The van der Waals surface area contributed by atoms with E-state index in [2.05, 4.69) is 5.32 Å². The maximum atomic E-state index is 12.7. The van der Waals surface area contributed by atoms with Gasteiger partial charge in [0, 0.05) is 25.2 Å². The van der Waals surface area contributed by atoms with Gasteiger partial charge in [0.15, 0.2) is 11.5 Å². The van der Waals surface area contributed by atoms with Gasteiger partial charge < -0.3 is 19.4 Å². The van der Waals surface area contributed by atoms with Crippen LogP contribution in [-0.2, 0) is 26.3 Å². The zero-order chi connectivity index (χ0) is 19.7. The summed E-state index contributed by atoms with van der Waals surface area (Å²) < 4.78 is 12.9. The van der Waals surface area contributed by atoms with Crippen LogP contribution in [0, 0.1) is 5.92 Å². The SMILES string of the molecule is COc1cccc2c1OCC(CNC(=O)c1cc3c(n(C)c1=O)CCCC3)C2. The van der Waals surface area contributed by atoms with Crippen LogP contribution in [0.15, 0.2) is 29.1 Å². The van der Waals surface area contributed by atoms with E-state index in [1.54, 1.807) is 24.8 Å². The van der Waals surface area contributed by atoms with Gasteiger partial charge >= 0.3 is 0 Å². The lowest BCUT2D eigenvalue weighted by molar-refractivity contribution is 0.0936. The molecule has 6 heteroatoms. The average molecular weight is 382 g/mol. The van der Waals surface area contributed by atoms with Crippen LogP contribution in [0.4, 0.5) is 0 Å². The number of methoxy groups -OCH3 is 1. The Labute approximate surface area is 164 Å². The number of nitrogens with one attached hydrogen (secondary N) is 1. The van der Waals surface area contributed by atoms with Gasteiger partial charge in [-0.1, -0.05) is 12.1 Å². The summed E-state index contributed by atoms with van der Waals surface area (Å²) in [6.45, 7) is 0.978. The van der Waals surface area contributed by atoms with Crippen LogP contribution in [0.2, 0.25) is 0 Å². The molecule has 1 N–H and O–H groups in total. The highest BCUT2D eigenvalue weighted by atomic mass is 16.5. The lowest BCUT2D eigenvalue weighted by atomic mass is 9.94. The van der Waals surface area contributed by atoms with Crippen molar-refractivity contribution in [2.75, 3.05) is 20.3 Å². The number of aromatic nitrogens is 1. The van der Waals surface area contributed by atoms with Gasteiger partial charge in [-0.15, -0.1) is 0 Å². The quantitative estimate of drug-likeness (QED) is 0.881. The summed E-state index contributed by atoms with van der Waals surface area (Å²) in [7, 11) is 3.40. The number of pyridine rings is 1. The van der Waals surface area contributed by atoms with Crippen molar-refractivity contribution in [3.63, 3.8) is 0 Å². The van der Waals surface area contributed by atoms with E-state index < -0.39 is 0 Å². The van der Waals surface area contributed by atoms with Gasteiger partial charge in [0.05, 0.1) is 13.7 Å². The van der Waals surface area contributed by atoms with Crippen molar-refractivity contribution in [1.29, 1.82) is 0 Å². The molecule has 1 atom stereocenters. The van der Waals surface area contributed by atoms with Crippen LogP contribution in [0.5, 0.6) is 11.5 Å². The Morgan fingerprint density at radius 2 is 2.11 bits per heavy atom. The summed E-state index contributed by atoms with van der Waals surface area (Å²) >= 11 is 0. The molecular formula is C22H26N2O4. The summed E-state index contributed by atoms with van der Waals surface area (Å²) in [4.78, 5) is 25.3. The minimum absolute atomic E-state index is 0.157. The molecule has 0 spiro atoms. The maximum absolute atomic E-state index is 12.7. The van der Waals surface area contributed by atoms with Gasteiger partial charge in [0.2, 0.25) is 0 Å². The Bertz CT molecular complexity index is 964. The van der Waals surface area contributed by atoms with E-state index in [0.29, 0.717) is 13.2 Å². The second kappa shape index (κ2) is 7.70. The molecule has 1 aromatic carbocycles. The van der Waals surface area contributed by atoms with Crippen molar-refractivity contribution >= 4 is 5.91 Å². The van der Waals surface area contributed by atoms with Crippen molar-refractivity contribution < 1.29 is 14.3 Å². The molecule has 6 nitrogen and oxygen atoms in total. The van der Waals surface area contributed by atoms with Gasteiger partial charge in [-0.3, -0.25) is 9.59 Å². The molecule has 2 heterocycles. The first-order valence-corrected chi connectivity index (χ1v) is 9.87. The largest absolute Gasteiger partial charge is 0.493 e. The van der Waals surface area contributed by atoms with E-state index in [0.717, 1.165) is 60.4 Å². The zero-order valence-corrected chi connectivity index (χ0v) is 16.4. The molecule has 1 amide bonds. The number of hydrogen-bond acceptors (Lipinski definition) is 4. The summed E-state index contributed by atoms with van der Waals surface area (Å²) in [5.41, 5.74) is 3.30. The number of fused-ring (bicyclic) bond motifs is 2. The standard InChI is InChI=1S/C22H26N2O4/c1-24-18-8-4-3-6-15(18)11-17(22(24)26)21(25)23-12-14-10-16-7-5-9-19(27-2)20(16)28-13-14/h5,7,9,11,14H,3-4,6,8,10,12-13H2,1-2H3,(H,23,25). The molecule has 1 aliphatic heterocycles. The molecule has 0 fully saturated rings. The van der Waals surface area contributed by atoms with Gasteiger partial charge in [0.25, 0.3) is 11.5 Å². The minimum atomic E-state index is -0.301. The number of amides is 1. The highest BCUT2D eigenvalue weighted by Crippen LogP contribution is 2.35. The highest BCUT2D eigenvalue weighted by molar-refractivity contribution is 5.94. The Hall–Kier alpha value is -2.76.